The summed E-state index contributed by atoms with van der Waals surface area (Å²) in [5.41, 5.74) is 0. The predicted molar refractivity (Wildman–Crippen MR) is 67.1 cm³/mol. The van der Waals surface area contributed by atoms with E-state index in [1.54, 1.807) is 0 Å². The Bertz CT molecular complexity index is 528. The molecule has 1 aliphatic carbocycles. The van der Waals surface area contributed by atoms with Crippen LogP contribution in [0, 0.1) is 0 Å². The number of aromatic nitrogens is 1. The zero-order valence-electron chi connectivity index (χ0n) is 11.2. The van der Waals surface area contributed by atoms with Gasteiger partial charge in [0.15, 0.2) is 11.8 Å². The average molecular weight is 296 g/mol. The second-order valence-electron chi connectivity index (χ2n) is 5.67. The van der Waals surface area contributed by atoms with Gasteiger partial charge in [0, 0.05) is 31.4 Å². The van der Waals surface area contributed by atoms with E-state index in [9.17, 15) is 15.0 Å². The van der Waals surface area contributed by atoms with Crippen molar-refractivity contribution in [1.82, 2.24) is 9.88 Å². The fourth-order valence-electron chi connectivity index (χ4n) is 3.25. The van der Waals surface area contributed by atoms with Crippen LogP contribution in [0.2, 0.25) is 0 Å². The molecule has 21 heavy (non-hydrogen) atoms. The maximum atomic E-state index is 12.1. The third-order valence-electron chi connectivity index (χ3n) is 4.07. The largest absolute Gasteiger partial charge is 0.494 e. The maximum absolute atomic E-state index is 12.1. The molecule has 0 aromatic carbocycles. The summed E-state index contributed by atoms with van der Waals surface area (Å²) in [5.74, 6) is -0.884. The molecule has 4 aliphatic rings. The Kier molecular flexibility index (Phi) is 2.69. The zero-order valence-corrected chi connectivity index (χ0v) is 11.2. The van der Waals surface area contributed by atoms with Crippen LogP contribution >= 0.6 is 0 Å². The van der Waals surface area contributed by atoms with E-state index in [0.717, 1.165) is 23.8 Å². The molecule has 3 aliphatic heterocycles. The summed E-state index contributed by atoms with van der Waals surface area (Å²) in [7, 11) is 0. The Morgan fingerprint density at radius 3 is 2.10 bits per heavy atom. The van der Waals surface area contributed by atoms with Gasteiger partial charge in [0.1, 0.15) is 6.54 Å². The van der Waals surface area contributed by atoms with Crippen LogP contribution in [-0.4, -0.2) is 45.1 Å². The van der Waals surface area contributed by atoms with Crippen LogP contribution in [0.5, 0.6) is 11.8 Å². The number of carbonyl (C=O) groups excluding carboxylic acids is 1. The number of hydrogen-bond donors (Lipinski definition) is 3. The molecule has 3 N–H and O–H groups in total. The molecular formula is C13H16N2O6. The van der Waals surface area contributed by atoms with Crippen LogP contribution in [0.4, 0.5) is 0 Å². The van der Waals surface area contributed by atoms with E-state index < -0.39 is 12.0 Å². The molecule has 4 heterocycles. The number of ether oxygens (including phenoxy) is 3. The van der Waals surface area contributed by atoms with Gasteiger partial charge in [-0.2, -0.15) is 0 Å². The quantitative estimate of drug-likeness (QED) is 0.725. The molecule has 8 heteroatoms. The third kappa shape index (κ3) is 2.15. The van der Waals surface area contributed by atoms with Gasteiger partial charge < -0.3 is 24.4 Å². The highest BCUT2D eigenvalue weighted by atomic mass is 16.9. The molecule has 8 nitrogen and oxygen atoms in total. The van der Waals surface area contributed by atoms with Crippen molar-refractivity contribution in [2.24, 2.45) is 0 Å². The molecule has 0 radical (unpaired) electrons. The minimum atomic E-state index is -1.52. The highest BCUT2D eigenvalue weighted by molar-refractivity contribution is 5.76. The van der Waals surface area contributed by atoms with Crippen molar-refractivity contribution < 1.29 is 29.2 Å². The lowest BCUT2D eigenvalue weighted by molar-refractivity contribution is -0.501. The lowest BCUT2D eigenvalue weighted by Gasteiger charge is -2.54. The Morgan fingerprint density at radius 1 is 1.14 bits per heavy atom. The Balaban J connectivity index is 1.47. The lowest BCUT2D eigenvalue weighted by Crippen LogP contribution is -2.69. The van der Waals surface area contributed by atoms with Crippen LogP contribution in [0.1, 0.15) is 19.3 Å². The Hall–Kier alpha value is -1.77. The fraction of sp³-hybridized carbons (Fsp3) is 0.615. The Morgan fingerprint density at radius 2 is 1.62 bits per heavy atom. The lowest BCUT2D eigenvalue weighted by atomic mass is 9.90. The molecule has 114 valence electrons. The summed E-state index contributed by atoms with van der Waals surface area (Å²) in [6.45, 7) is -0.261. The first-order valence-corrected chi connectivity index (χ1v) is 6.95. The molecule has 4 fully saturated rings. The average Bonchev–Trinajstić information content (AvgIpc) is 2.68. The number of aromatic hydroxyl groups is 2. The van der Waals surface area contributed by atoms with E-state index in [1.165, 1.54) is 12.1 Å². The molecule has 5 rings (SSSR count). The van der Waals surface area contributed by atoms with Gasteiger partial charge in [-0.05, 0) is 0 Å². The molecule has 1 aromatic rings. The van der Waals surface area contributed by atoms with Crippen molar-refractivity contribution in [3.8, 4) is 11.8 Å². The summed E-state index contributed by atoms with van der Waals surface area (Å²) in [5, 5.41) is 21.6. The standard InChI is InChI=1S/C13H16N2O6/c16-10(6-15-11(17)1-2-12(15)18)14-13-19-7-3-8(20-13)5-9(4-7)21-13/h1-2,7-9,17-18H,3-6H2,(H,14,16). The van der Waals surface area contributed by atoms with Crippen LogP contribution in [-0.2, 0) is 25.5 Å². The van der Waals surface area contributed by atoms with E-state index in [2.05, 4.69) is 5.32 Å². The molecule has 1 amide bonds. The molecule has 0 unspecified atom stereocenters. The monoisotopic (exact) mass is 296 g/mol. The summed E-state index contributed by atoms with van der Waals surface area (Å²) in [6.07, 6.45) is 1.02. The van der Waals surface area contributed by atoms with Crippen molar-refractivity contribution in [2.75, 3.05) is 0 Å². The maximum Gasteiger partial charge on any atom is 0.377 e. The van der Waals surface area contributed by atoms with Crippen LogP contribution in [0.15, 0.2) is 12.1 Å². The second kappa shape index (κ2) is 4.36. The van der Waals surface area contributed by atoms with Gasteiger partial charge in [-0.15, -0.1) is 0 Å². The Labute approximate surface area is 120 Å². The number of hydrogen-bond acceptors (Lipinski definition) is 6. The van der Waals surface area contributed by atoms with Crippen molar-refractivity contribution >= 4 is 5.91 Å². The smallest absolute Gasteiger partial charge is 0.377 e. The van der Waals surface area contributed by atoms with Gasteiger partial charge in [0.2, 0.25) is 5.91 Å². The van der Waals surface area contributed by atoms with Crippen molar-refractivity contribution in [3.63, 3.8) is 0 Å². The zero-order chi connectivity index (χ0) is 14.6. The fourth-order valence-corrected chi connectivity index (χ4v) is 3.25. The number of rotatable bonds is 3. The van der Waals surface area contributed by atoms with Crippen molar-refractivity contribution in [2.45, 2.75) is 50.2 Å². The van der Waals surface area contributed by atoms with Crippen molar-refractivity contribution in [3.05, 3.63) is 12.1 Å². The van der Waals surface area contributed by atoms with E-state index in [1.807, 2.05) is 0 Å². The summed E-state index contributed by atoms with van der Waals surface area (Å²) < 4.78 is 18.0. The topological polar surface area (TPSA) is 102 Å². The first kappa shape index (κ1) is 12.9. The van der Waals surface area contributed by atoms with Crippen LogP contribution in [0.3, 0.4) is 0 Å². The highest BCUT2D eigenvalue weighted by Crippen LogP contribution is 2.43. The summed E-state index contributed by atoms with van der Waals surface area (Å²) in [6, 6.07) is 2.60. The summed E-state index contributed by atoms with van der Waals surface area (Å²) >= 11 is 0. The van der Waals surface area contributed by atoms with Crippen molar-refractivity contribution in [1.29, 1.82) is 0 Å². The molecule has 1 aromatic heterocycles. The third-order valence-corrected chi connectivity index (χ3v) is 4.07. The highest BCUT2D eigenvalue weighted by Gasteiger charge is 2.56. The molecule has 1 saturated carbocycles. The molecule has 0 spiro atoms. The molecular weight excluding hydrogens is 280 g/mol. The van der Waals surface area contributed by atoms with E-state index in [0.29, 0.717) is 0 Å². The van der Waals surface area contributed by atoms with E-state index >= 15 is 0 Å². The molecule has 3 saturated heterocycles. The first-order chi connectivity index (χ1) is 10.0. The molecule has 0 atom stereocenters. The van der Waals surface area contributed by atoms with Crippen LogP contribution < -0.4 is 5.32 Å². The minimum Gasteiger partial charge on any atom is -0.494 e. The second-order valence-corrected chi connectivity index (χ2v) is 5.67. The summed E-state index contributed by atoms with van der Waals surface area (Å²) in [4.78, 5) is 12.1. The van der Waals surface area contributed by atoms with Gasteiger partial charge >= 0.3 is 6.10 Å². The SMILES string of the molecule is O=C(Cn1c(O)ccc1O)NC12OC3CC(CC(C3)O1)O2. The van der Waals surface area contributed by atoms with Gasteiger partial charge in [-0.25, -0.2) is 0 Å². The normalized spacial score (nSPS) is 36.9. The number of amides is 1. The first-order valence-electron chi connectivity index (χ1n) is 6.95. The van der Waals surface area contributed by atoms with Crippen LogP contribution in [0.25, 0.3) is 0 Å². The number of nitrogens with zero attached hydrogens (tertiary/aromatic N) is 1. The van der Waals surface area contributed by atoms with Gasteiger partial charge in [-0.1, -0.05) is 0 Å². The van der Waals surface area contributed by atoms with Gasteiger partial charge in [-0.3, -0.25) is 14.7 Å². The van der Waals surface area contributed by atoms with Gasteiger partial charge in [0.05, 0.1) is 18.3 Å². The minimum absolute atomic E-state index is 0.0323. The number of carbonyl (C=O) groups is 1. The molecule has 4 bridgehead atoms. The van der Waals surface area contributed by atoms with E-state index in [-0.39, 0.29) is 36.6 Å². The van der Waals surface area contributed by atoms with Gasteiger partial charge in [0.25, 0.3) is 0 Å². The predicted octanol–water partition coefficient (Wildman–Crippen LogP) is -0.00650. The van der Waals surface area contributed by atoms with E-state index in [4.69, 9.17) is 14.2 Å². The number of nitrogens with one attached hydrogen (secondary N) is 1.